The van der Waals surface area contributed by atoms with Crippen LogP contribution in [0.2, 0.25) is 0 Å². The first-order valence-electron chi connectivity index (χ1n) is 9.11. The van der Waals surface area contributed by atoms with Gasteiger partial charge in [0, 0.05) is 16.7 Å². The molecule has 4 nitrogen and oxygen atoms in total. The van der Waals surface area contributed by atoms with Crippen molar-refractivity contribution in [1.29, 1.82) is 0 Å². The molecule has 4 unspecified atom stereocenters. The first kappa shape index (κ1) is 22.6. The Morgan fingerprint density at radius 2 is 1.84 bits per heavy atom. The molecule has 0 aliphatic carbocycles. The van der Waals surface area contributed by atoms with Gasteiger partial charge in [-0.3, -0.25) is 0 Å². The summed E-state index contributed by atoms with van der Waals surface area (Å²) in [5.74, 6) is 0.899. The quantitative estimate of drug-likeness (QED) is 0.678. The number of hydrogen-bond donors (Lipinski definition) is 0. The maximum absolute atomic E-state index is 14.5. The second-order valence-corrected chi connectivity index (χ2v) is 13.5. The standard InChI is InChI=1S/C19H38FNO3S/c1-11-25(10,18(6,7)8)24-15-12-21(13-19(15,9)14(2)20)16(22)23-17(3,4)5/h14-15H,11-13H2,1-10H3. The lowest BCUT2D eigenvalue weighted by Gasteiger charge is -2.50. The van der Waals surface area contributed by atoms with Crippen LogP contribution in [0.3, 0.4) is 0 Å². The SMILES string of the molecule is CCS(C)(OC1CN(C(=O)OC(C)(C)C)CC1(C)C(C)F)C(C)(C)C. The smallest absolute Gasteiger partial charge is 0.410 e. The van der Waals surface area contributed by atoms with Gasteiger partial charge in [-0.2, -0.15) is 0 Å². The highest BCUT2D eigenvalue weighted by Gasteiger charge is 2.52. The zero-order valence-electron chi connectivity index (χ0n) is 17.7. The second-order valence-electron chi connectivity index (χ2n) is 9.47. The highest BCUT2D eigenvalue weighted by molar-refractivity contribution is 8.30. The Hall–Kier alpha value is -0.490. The van der Waals surface area contributed by atoms with Crippen LogP contribution in [-0.4, -0.2) is 58.7 Å². The van der Waals surface area contributed by atoms with E-state index < -0.39 is 33.6 Å². The van der Waals surface area contributed by atoms with Crippen molar-refractivity contribution in [2.45, 2.75) is 84.9 Å². The molecular weight excluding hydrogens is 341 g/mol. The fraction of sp³-hybridized carbons (Fsp3) is 0.947. The molecule has 0 aromatic heterocycles. The van der Waals surface area contributed by atoms with E-state index in [1.807, 2.05) is 27.7 Å². The average Bonchev–Trinajstić information content (AvgIpc) is 2.74. The predicted octanol–water partition coefficient (Wildman–Crippen LogP) is 5.15. The highest BCUT2D eigenvalue weighted by atomic mass is 32.3. The van der Waals surface area contributed by atoms with E-state index in [9.17, 15) is 9.18 Å². The van der Waals surface area contributed by atoms with E-state index in [0.717, 1.165) is 5.75 Å². The van der Waals surface area contributed by atoms with Crippen molar-refractivity contribution in [3.8, 4) is 0 Å². The van der Waals surface area contributed by atoms with Crippen molar-refractivity contribution in [2.24, 2.45) is 5.41 Å². The third-order valence-corrected chi connectivity index (χ3v) is 9.74. The van der Waals surface area contributed by atoms with Crippen molar-refractivity contribution in [3.05, 3.63) is 0 Å². The van der Waals surface area contributed by atoms with Crippen molar-refractivity contribution < 1.29 is 18.1 Å². The molecule has 1 aliphatic heterocycles. The second kappa shape index (κ2) is 7.26. The molecule has 4 atom stereocenters. The highest BCUT2D eigenvalue weighted by Crippen LogP contribution is 2.59. The van der Waals surface area contributed by atoms with E-state index in [1.165, 1.54) is 0 Å². The number of likely N-dealkylation sites (tertiary alicyclic amines) is 1. The van der Waals surface area contributed by atoms with E-state index in [2.05, 4.69) is 34.0 Å². The molecule has 6 heteroatoms. The van der Waals surface area contributed by atoms with Crippen molar-refractivity contribution in [3.63, 3.8) is 0 Å². The molecular formula is C19H38FNO3S. The van der Waals surface area contributed by atoms with E-state index in [1.54, 1.807) is 11.8 Å². The number of rotatable bonds is 4. The molecule has 25 heavy (non-hydrogen) atoms. The Morgan fingerprint density at radius 3 is 2.20 bits per heavy atom. The van der Waals surface area contributed by atoms with Gasteiger partial charge in [-0.05, 0) is 39.7 Å². The third kappa shape index (κ3) is 5.03. The zero-order chi connectivity index (χ0) is 19.8. The minimum Gasteiger partial charge on any atom is -0.444 e. The fourth-order valence-corrected chi connectivity index (χ4v) is 4.96. The maximum Gasteiger partial charge on any atom is 0.410 e. The van der Waals surface area contributed by atoms with E-state index in [0.29, 0.717) is 13.1 Å². The summed E-state index contributed by atoms with van der Waals surface area (Å²) in [6, 6.07) is 0. The summed E-state index contributed by atoms with van der Waals surface area (Å²) in [5, 5.41) is 0. The average molecular weight is 380 g/mol. The first-order chi connectivity index (χ1) is 11.1. The molecule has 1 heterocycles. The molecule has 1 fully saturated rings. The lowest BCUT2D eigenvalue weighted by molar-refractivity contribution is 0.0253. The summed E-state index contributed by atoms with van der Waals surface area (Å²) in [6.45, 7) is 18.3. The molecule has 1 aliphatic rings. The van der Waals surface area contributed by atoms with E-state index >= 15 is 0 Å². The van der Waals surface area contributed by atoms with Gasteiger partial charge in [-0.25, -0.2) is 9.18 Å². The summed E-state index contributed by atoms with van der Waals surface area (Å²) in [6.07, 6.45) is 0.353. The molecule has 150 valence electrons. The third-order valence-electron chi connectivity index (χ3n) is 5.39. The van der Waals surface area contributed by atoms with Gasteiger partial charge in [0.15, 0.2) is 0 Å². The van der Waals surface area contributed by atoms with Gasteiger partial charge < -0.3 is 13.8 Å². The normalized spacial score (nSPS) is 29.9. The zero-order valence-corrected chi connectivity index (χ0v) is 18.6. The van der Waals surface area contributed by atoms with Crippen LogP contribution in [0.5, 0.6) is 0 Å². The number of nitrogens with zero attached hydrogens (tertiary/aromatic N) is 1. The number of amides is 1. The summed E-state index contributed by atoms with van der Waals surface area (Å²) in [5.41, 5.74) is -1.30. The van der Waals surface area contributed by atoms with Gasteiger partial charge in [0.2, 0.25) is 0 Å². The van der Waals surface area contributed by atoms with E-state index in [-0.39, 0.29) is 10.9 Å². The lowest BCUT2D eigenvalue weighted by Crippen LogP contribution is -2.43. The lowest BCUT2D eigenvalue weighted by atomic mass is 9.83. The minimum absolute atomic E-state index is 0.0124. The summed E-state index contributed by atoms with van der Waals surface area (Å²) < 4.78 is 26.6. The molecule has 1 amide bonds. The van der Waals surface area contributed by atoms with Gasteiger partial charge in [0.25, 0.3) is 0 Å². The van der Waals surface area contributed by atoms with Gasteiger partial charge in [-0.15, -0.1) is 10.3 Å². The van der Waals surface area contributed by atoms with Crippen LogP contribution in [0.4, 0.5) is 9.18 Å². The number of alkyl halides is 1. The van der Waals surface area contributed by atoms with Crippen LogP contribution in [0.25, 0.3) is 0 Å². The van der Waals surface area contributed by atoms with Gasteiger partial charge >= 0.3 is 6.09 Å². The summed E-state index contributed by atoms with van der Waals surface area (Å²) >= 11 is 0. The largest absolute Gasteiger partial charge is 0.444 e. The molecule has 1 saturated heterocycles. The minimum atomic E-state index is -1.41. The Labute approximate surface area is 155 Å². The fourth-order valence-electron chi connectivity index (χ4n) is 2.88. The molecule has 0 aromatic rings. The molecule has 0 saturated carbocycles. The Morgan fingerprint density at radius 1 is 1.32 bits per heavy atom. The van der Waals surface area contributed by atoms with E-state index in [4.69, 9.17) is 8.92 Å². The summed E-state index contributed by atoms with van der Waals surface area (Å²) in [4.78, 5) is 14.1. The number of carbonyl (C=O) groups is 1. The van der Waals surface area contributed by atoms with Crippen LogP contribution in [0.15, 0.2) is 0 Å². The number of halogens is 1. The number of ether oxygens (including phenoxy) is 1. The first-order valence-corrected chi connectivity index (χ1v) is 11.2. The monoisotopic (exact) mass is 379 g/mol. The molecule has 0 bridgehead atoms. The van der Waals surface area contributed by atoms with Crippen LogP contribution < -0.4 is 0 Å². The Kier molecular flexibility index (Phi) is 6.55. The van der Waals surface area contributed by atoms with Crippen LogP contribution in [-0.2, 0) is 8.92 Å². The van der Waals surface area contributed by atoms with Gasteiger partial charge in [0.1, 0.15) is 11.8 Å². The van der Waals surface area contributed by atoms with Crippen molar-refractivity contribution >= 4 is 16.4 Å². The molecule has 1 rings (SSSR count). The van der Waals surface area contributed by atoms with Crippen LogP contribution >= 0.6 is 10.3 Å². The molecule has 0 aromatic carbocycles. The van der Waals surface area contributed by atoms with Gasteiger partial charge in [0.05, 0.1) is 12.6 Å². The molecule has 0 N–H and O–H groups in total. The topological polar surface area (TPSA) is 38.8 Å². The van der Waals surface area contributed by atoms with Crippen LogP contribution in [0, 0.1) is 5.41 Å². The molecule has 0 radical (unpaired) electrons. The maximum atomic E-state index is 14.5. The summed E-state index contributed by atoms with van der Waals surface area (Å²) in [7, 11) is -1.41. The predicted molar refractivity (Wildman–Crippen MR) is 105 cm³/mol. The van der Waals surface area contributed by atoms with Crippen LogP contribution in [0.1, 0.15) is 62.3 Å². The van der Waals surface area contributed by atoms with Gasteiger partial charge in [-0.1, -0.05) is 34.6 Å². The Bertz CT molecular complexity index is 486. The molecule has 0 spiro atoms. The Balaban J connectivity index is 3.06. The number of hydrogen-bond acceptors (Lipinski definition) is 3. The van der Waals surface area contributed by atoms with Crippen molar-refractivity contribution in [1.82, 2.24) is 4.90 Å². The number of carbonyl (C=O) groups excluding carboxylic acids is 1. The van der Waals surface area contributed by atoms with Crippen molar-refractivity contribution in [2.75, 3.05) is 25.1 Å².